The van der Waals surface area contributed by atoms with Crippen molar-refractivity contribution >= 4 is 43.9 Å². The van der Waals surface area contributed by atoms with Crippen LogP contribution >= 0.6 is 22.9 Å². The summed E-state index contributed by atoms with van der Waals surface area (Å²) in [6.07, 6.45) is 2.10. The van der Waals surface area contributed by atoms with Crippen LogP contribution in [-0.2, 0) is 23.0 Å². The summed E-state index contributed by atoms with van der Waals surface area (Å²) >= 11 is 2.38. The number of hydrogen-bond donors (Lipinski definition) is 1. The van der Waals surface area contributed by atoms with Crippen LogP contribution in [0.4, 0.5) is 5.13 Å². The Morgan fingerprint density at radius 2 is 2.17 bits per heavy atom. The summed E-state index contributed by atoms with van der Waals surface area (Å²) in [5.74, 6) is -0.281. The fraction of sp³-hybridized carbons (Fsp3) is 0.538. The molecular formula is C13H15N5O3S3. The Bertz CT molecular complexity index is 900. The molecule has 4 rings (SSSR count). The predicted molar refractivity (Wildman–Crippen MR) is 90.8 cm³/mol. The van der Waals surface area contributed by atoms with Crippen molar-refractivity contribution < 1.29 is 13.2 Å². The van der Waals surface area contributed by atoms with Gasteiger partial charge in [0.2, 0.25) is 10.0 Å². The molecule has 2 aliphatic rings. The average Bonchev–Trinajstić information content (AvgIpc) is 3.20. The molecule has 1 fully saturated rings. The lowest BCUT2D eigenvalue weighted by Gasteiger charge is -2.25. The molecular weight excluding hydrogens is 370 g/mol. The number of aryl methyl sites for hydroxylation is 1. The van der Waals surface area contributed by atoms with Crippen molar-refractivity contribution in [2.24, 2.45) is 0 Å². The highest BCUT2D eigenvalue weighted by Crippen LogP contribution is 2.35. The number of carbonyl (C=O) groups is 1. The van der Waals surface area contributed by atoms with E-state index in [0.717, 1.165) is 34.9 Å². The first-order chi connectivity index (χ1) is 11.4. The maximum atomic E-state index is 12.4. The molecule has 3 heterocycles. The highest BCUT2D eigenvalue weighted by atomic mass is 32.2. The third-order valence-corrected chi connectivity index (χ3v) is 8.25. The number of rotatable bonds is 4. The Labute approximate surface area is 147 Å². The van der Waals surface area contributed by atoms with Gasteiger partial charge in [-0.2, -0.15) is 4.31 Å². The Morgan fingerprint density at radius 3 is 2.83 bits per heavy atom. The van der Waals surface area contributed by atoms with Crippen molar-refractivity contribution in [3.63, 3.8) is 0 Å². The number of hydrogen-bond acceptors (Lipinski definition) is 8. The smallest absolute Gasteiger partial charge is 0.271 e. The molecule has 1 aliphatic carbocycles. The van der Waals surface area contributed by atoms with Crippen LogP contribution in [0.2, 0.25) is 0 Å². The predicted octanol–water partition coefficient (Wildman–Crippen LogP) is 1.41. The van der Waals surface area contributed by atoms with E-state index in [0.29, 0.717) is 35.2 Å². The van der Waals surface area contributed by atoms with Crippen molar-refractivity contribution in [2.45, 2.75) is 38.0 Å². The number of anilines is 1. The van der Waals surface area contributed by atoms with E-state index < -0.39 is 10.0 Å². The summed E-state index contributed by atoms with van der Waals surface area (Å²) < 4.78 is 30.0. The first-order valence-corrected chi connectivity index (χ1v) is 10.6. The van der Waals surface area contributed by atoms with E-state index in [1.165, 1.54) is 11.3 Å². The third kappa shape index (κ3) is 2.85. The van der Waals surface area contributed by atoms with Crippen molar-refractivity contribution in [3.8, 4) is 0 Å². The lowest BCUT2D eigenvalue weighted by atomic mass is 10.2. The summed E-state index contributed by atoms with van der Waals surface area (Å²) in [4.78, 5) is 18.0. The van der Waals surface area contributed by atoms with Gasteiger partial charge >= 0.3 is 0 Å². The lowest BCUT2D eigenvalue weighted by Crippen LogP contribution is -2.37. The number of aromatic nitrogens is 3. The monoisotopic (exact) mass is 385 g/mol. The van der Waals surface area contributed by atoms with Crippen LogP contribution in [0, 0.1) is 6.92 Å². The zero-order valence-electron chi connectivity index (χ0n) is 12.9. The number of sulfonamides is 1. The molecule has 8 nitrogen and oxygen atoms in total. The van der Waals surface area contributed by atoms with E-state index in [2.05, 4.69) is 19.9 Å². The molecule has 0 bridgehead atoms. The topological polar surface area (TPSA) is 105 Å². The second-order valence-corrected chi connectivity index (χ2v) is 9.91. The summed E-state index contributed by atoms with van der Waals surface area (Å²) in [5, 5.41) is 6.87. The van der Waals surface area contributed by atoms with Crippen LogP contribution in [0.15, 0.2) is 0 Å². The zero-order valence-corrected chi connectivity index (χ0v) is 15.3. The number of fused-ring (bicyclic) bond motifs is 1. The van der Waals surface area contributed by atoms with Crippen molar-refractivity contribution in [3.05, 3.63) is 21.1 Å². The average molecular weight is 385 g/mol. The van der Waals surface area contributed by atoms with Gasteiger partial charge in [0.25, 0.3) is 5.91 Å². The second kappa shape index (κ2) is 5.83. The van der Waals surface area contributed by atoms with E-state index in [1.54, 1.807) is 11.2 Å². The SMILES string of the molecule is Cc1nnsc1C(=O)Nc1nc2c(s1)CN(S(=O)(=O)C1CC1)CC2. The molecule has 0 atom stereocenters. The molecule has 24 heavy (non-hydrogen) atoms. The Balaban J connectivity index is 1.50. The minimum Gasteiger partial charge on any atom is -0.297 e. The maximum Gasteiger partial charge on any atom is 0.271 e. The maximum absolute atomic E-state index is 12.4. The summed E-state index contributed by atoms with van der Waals surface area (Å²) in [6, 6.07) is 0. The molecule has 0 saturated heterocycles. The van der Waals surface area contributed by atoms with Crippen LogP contribution < -0.4 is 5.32 Å². The molecule has 2 aromatic heterocycles. The van der Waals surface area contributed by atoms with Gasteiger partial charge < -0.3 is 0 Å². The number of nitrogens with zero attached hydrogens (tertiary/aromatic N) is 4. The number of carbonyl (C=O) groups excluding carboxylic acids is 1. The molecule has 1 amide bonds. The highest BCUT2D eigenvalue weighted by molar-refractivity contribution is 7.90. The number of thiazole rings is 1. The van der Waals surface area contributed by atoms with E-state index in [9.17, 15) is 13.2 Å². The van der Waals surface area contributed by atoms with E-state index >= 15 is 0 Å². The summed E-state index contributed by atoms with van der Waals surface area (Å²) in [7, 11) is -3.18. The van der Waals surface area contributed by atoms with E-state index in [-0.39, 0.29) is 11.2 Å². The van der Waals surface area contributed by atoms with E-state index in [1.807, 2.05) is 0 Å². The number of amides is 1. The Morgan fingerprint density at radius 1 is 1.38 bits per heavy atom. The number of nitrogens with one attached hydrogen (secondary N) is 1. The molecule has 0 spiro atoms. The lowest BCUT2D eigenvalue weighted by molar-refractivity contribution is 0.103. The molecule has 0 unspecified atom stereocenters. The Hall–Kier alpha value is -1.43. The molecule has 11 heteroatoms. The molecule has 1 saturated carbocycles. The van der Waals surface area contributed by atoms with Gasteiger partial charge in [0.05, 0.1) is 16.6 Å². The van der Waals surface area contributed by atoms with Crippen LogP contribution in [-0.4, -0.2) is 45.0 Å². The van der Waals surface area contributed by atoms with E-state index in [4.69, 9.17) is 0 Å². The molecule has 1 aliphatic heterocycles. The van der Waals surface area contributed by atoms with Gasteiger partial charge in [-0.15, -0.1) is 16.4 Å². The van der Waals surface area contributed by atoms with Crippen LogP contribution in [0.25, 0.3) is 0 Å². The minimum absolute atomic E-state index is 0.201. The largest absolute Gasteiger partial charge is 0.297 e. The zero-order chi connectivity index (χ0) is 16.9. The van der Waals surface area contributed by atoms with Gasteiger partial charge in [0.15, 0.2) is 5.13 Å². The van der Waals surface area contributed by atoms with Crippen molar-refractivity contribution in [1.82, 2.24) is 18.9 Å². The normalized spacial score (nSPS) is 18.4. The first-order valence-electron chi connectivity index (χ1n) is 7.53. The van der Waals surface area contributed by atoms with Crippen molar-refractivity contribution in [2.75, 3.05) is 11.9 Å². The third-order valence-electron chi connectivity index (χ3n) is 4.08. The Kier molecular flexibility index (Phi) is 3.90. The molecule has 0 aromatic carbocycles. The van der Waals surface area contributed by atoms with Crippen LogP contribution in [0.1, 0.15) is 38.8 Å². The van der Waals surface area contributed by atoms with Crippen LogP contribution in [0.3, 0.4) is 0 Å². The fourth-order valence-electron chi connectivity index (χ4n) is 2.61. The summed E-state index contributed by atoms with van der Waals surface area (Å²) in [5.41, 5.74) is 1.46. The second-order valence-electron chi connectivity index (χ2n) is 5.86. The van der Waals surface area contributed by atoms with Gasteiger partial charge in [-0.25, -0.2) is 13.4 Å². The van der Waals surface area contributed by atoms with Gasteiger partial charge in [0.1, 0.15) is 4.88 Å². The van der Waals surface area contributed by atoms with Gasteiger partial charge in [-0.05, 0) is 31.3 Å². The van der Waals surface area contributed by atoms with Crippen molar-refractivity contribution in [1.29, 1.82) is 0 Å². The van der Waals surface area contributed by atoms with Crippen LogP contribution in [0.5, 0.6) is 0 Å². The molecule has 1 N–H and O–H groups in total. The standard InChI is InChI=1S/C13H15N5O3S3/c1-7-11(23-17-16-7)12(19)15-13-14-9-4-5-18(6-10(9)22-13)24(20,21)8-2-3-8/h8H,2-6H2,1H3,(H,14,15,19). The van der Waals surface area contributed by atoms with Gasteiger partial charge in [0, 0.05) is 24.4 Å². The highest BCUT2D eigenvalue weighted by Gasteiger charge is 2.41. The first kappa shape index (κ1) is 16.1. The van der Waals surface area contributed by atoms with Gasteiger partial charge in [-0.1, -0.05) is 4.49 Å². The molecule has 2 aromatic rings. The molecule has 128 valence electrons. The minimum atomic E-state index is -3.18. The van der Waals surface area contributed by atoms with Gasteiger partial charge in [-0.3, -0.25) is 10.1 Å². The quantitative estimate of drug-likeness (QED) is 0.853. The summed E-state index contributed by atoms with van der Waals surface area (Å²) in [6.45, 7) is 2.54. The molecule has 0 radical (unpaired) electrons. The fourth-order valence-corrected chi connectivity index (χ4v) is 6.07.